The van der Waals surface area contributed by atoms with Crippen LogP contribution in [0.4, 0.5) is 5.69 Å². The smallest absolute Gasteiger partial charge is 0.291 e. The second kappa shape index (κ2) is 9.98. The highest BCUT2D eigenvalue weighted by molar-refractivity contribution is 6.35. The average Bonchev–Trinajstić information content (AvgIpc) is 3.57. The zero-order chi connectivity index (χ0) is 24.4. The van der Waals surface area contributed by atoms with Crippen LogP contribution in [0.2, 0.25) is 10.0 Å². The molecule has 0 radical (unpaired) electrons. The van der Waals surface area contributed by atoms with Crippen LogP contribution in [-0.2, 0) is 0 Å². The molecule has 0 spiro atoms. The van der Waals surface area contributed by atoms with Crippen LogP contribution >= 0.6 is 23.2 Å². The summed E-state index contributed by atoms with van der Waals surface area (Å²) in [6.45, 7) is 1.32. The van der Waals surface area contributed by atoms with E-state index in [2.05, 4.69) is 17.4 Å². The summed E-state index contributed by atoms with van der Waals surface area (Å²) in [5, 5.41) is 3.80. The monoisotopic (exact) mass is 504 g/mol. The fraction of sp³-hybridized carbons (Fsp3) is 0.143. The van der Waals surface area contributed by atoms with Gasteiger partial charge in [-0.3, -0.25) is 9.59 Å². The van der Waals surface area contributed by atoms with E-state index in [1.54, 1.807) is 54.6 Å². The van der Waals surface area contributed by atoms with Gasteiger partial charge in [-0.15, -0.1) is 0 Å². The van der Waals surface area contributed by atoms with Gasteiger partial charge in [0.2, 0.25) is 0 Å². The van der Waals surface area contributed by atoms with Crippen molar-refractivity contribution in [1.29, 1.82) is 0 Å². The van der Waals surface area contributed by atoms with Gasteiger partial charge in [0.05, 0.1) is 16.3 Å². The van der Waals surface area contributed by atoms with Crippen molar-refractivity contribution in [3.8, 4) is 11.3 Å². The number of carbonyl (C=O) groups is 2. The van der Waals surface area contributed by atoms with Gasteiger partial charge in [-0.2, -0.15) is 0 Å². The van der Waals surface area contributed by atoms with Crippen LogP contribution in [0.1, 0.15) is 38.8 Å². The molecular formula is C28H22Cl2N2O3. The number of carbonyl (C=O) groups excluding carboxylic acids is 2. The fourth-order valence-corrected chi connectivity index (χ4v) is 4.75. The Morgan fingerprint density at radius 1 is 0.914 bits per heavy atom. The number of likely N-dealkylation sites (tertiary alicyclic amines) is 1. The van der Waals surface area contributed by atoms with Gasteiger partial charge in [-0.1, -0.05) is 65.7 Å². The summed E-state index contributed by atoms with van der Waals surface area (Å²) in [6.07, 6.45) is 0.908. The van der Waals surface area contributed by atoms with Crippen LogP contribution in [0.15, 0.2) is 89.3 Å². The Morgan fingerprint density at radius 2 is 1.69 bits per heavy atom. The van der Waals surface area contributed by atoms with Crippen molar-refractivity contribution in [2.45, 2.75) is 12.3 Å². The van der Waals surface area contributed by atoms with E-state index in [0.29, 0.717) is 51.6 Å². The van der Waals surface area contributed by atoms with Gasteiger partial charge >= 0.3 is 0 Å². The van der Waals surface area contributed by atoms with Crippen LogP contribution in [0.3, 0.4) is 0 Å². The molecule has 0 saturated carbocycles. The molecule has 5 nitrogen and oxygen atoms in total. The molecule has 3 aromatic carbocycles. The van der Waals surface area contributed by atoms with Gasteiger partial charge in [-0.25, -0.2) is 0 Å². The molecule has 0 aliphatic carbocycles. The second-order valence-corrected chi connectivity index (χ2v) is 9.28. The van der Waals surface area contributed by atoms with E-state index in [9.17, 15) is 9.59 Å². The Bertz CT molecular complexity index is 1380. The Hall–Kier alpha value is -3.54. The summed E-state index contributed by atoms with van der Waals surface area (Å²) < 4.78 is 5.75. The minimum Gasteiger partial charge on any atom is -0.451 e. The van der Waals surface area contributed by atoms with Gasteiger partial charge in [0.1, 0.15) is 5.76 Å². The number of hydrogen-bond donors (Lipinski definition) is 1. The highest BCUT2D eigenvalue weighted by Crippen LogP contribution is 2.33. The van der Waals surface area contributed by atoms with Crippen LogP contribution in [0.25, 0.3) is 11.3 Å². The average molecular weight is 505 g/mol. The van der Waals surface area contributed by atoms with Gasteiger partial charge in [0.25, 0.3) is 11.8 Å². The lowest BCUT2D eigenvalue weighted by Crippen LogP contribution is -2.29. The van der Waals surface area contributed by atoms with Crippen LogP contribution < -0.4 is 5.32 Å². The molecule has 1 saturated heterocycles. The van der Waals surface area contributed by atoms with Crippen LogP contribution in [-0.4, -0.2) is 29.8 Å². The number of para-hydroxylation sites is 1. The lowest BCUT2D eigenvalue weighted by Gasteiger charge is -2.19. The first-order valence-electron chi connectivity index (χ1n) is 11.3. The number of rotatable bonds is 5. The lowest BCUT2D eigenvalue weighted by molar-refractivity contribution is 0.0792. The largest absolute Gasteiger partial charge is 0.451 e. The molecule has 2 amide bonds. The molecule has 1 fully saturated rings. The Labute approximate surface area is 213 Å². The van der Waals surface area contributed by atoms with Crippen LogP contribution in [0.5, 0.6) is 0 Å². The van der Waals surface area contributed by atoms with Crippen molar-refractivity contribution in [2.24, 2.45) is 0 Å². The van der Waals surface area contributed by atoms with Crippen molar-refractivity contribution in [3.05, 3.63) is 112 Å². The summed E-state index contributed by atoms with van der Waals surface area (Å²) >= 11 is 12.3. The summed E-state index contributed by atoms with van der Waals surface area (Å²) in [7, 11) is 0. The normalized spacial score (nSPS) is 15.3. The second-order valence-electron chi connectivity index (χ2n) is 8.44. The molecular weight excluding hydrogens is 483 g/mol. The van der Waals surface area contributed by atoms with Crippen molar-refractivity contribution in [2.75, 3.05) is 18.4 Å². The number of furan rings is 1. The van der Waals surface area contributed by atoms with E-state index in [0.717, 1.165) is 6.42 Å². The Morgan fingerprint density at radius 3 is 2.51 bits per heavy atom. The van der Waals surface area contributed by atoms with Gasteiger partial charge in [-0.05, 0) is 54.4 Å². The molecule has 5 rings (SSSR count). The lowest BCUT2D eigenvalue weighted by atomic mass is 9.99. The number of nitrogens with zero attached hydrogens (tertiary/aromatic N) is 1. The molecule has 1 N–H and O–H groups in total. The van der Waals surface area contributed by atoms with Gasteiger partial charge in [0.15, 0.2) is 5.76 Å². The Kier molecular flexibility index (Phi) is 6.62. The number of nitrogens with one attached hydrogen (secondary N) is 1. The molecule has 1 aliphatic rings. The molecule has 0 bridgehead atoms. The standard InChI is InChI=1S/C28H22Cl2N2O3/c29-20-10-11-23(30)22(16-20)25-12-13-26(35-25)27(33)31-24-9-5-4-8-21(24)28(34)32-15-14-19(17-32)18-6-2-1-3-7-18/h1-13,16,19H,14-15,17H2,(H,31,33). The van der Waals surface area contributed by atoms with Crippen molar-refractivity contribution in [3.63, 3.8) is 0 Å². The maximum atomic E-state index is 13.3. The van der Waals surface area contributed by atoms with Crippen molar-refractivity contribution in [1.82, 2.24) is 4.90 Å². The molecule has 1 atom stereocenters. The van der Waals surface area contributed by atoms with E-state index in [4.69, 9.17) is 27.6 Å². The van der Waals surface area contributed by atoms with E-state index in [1.165, 1.54) is 5.56 Å². The van der Waals surface area contributed by atoms with E-state index >= 15 is 0 Å². The topological polar surface area (TPSA) is 62.6 Å². The highest BCUT2D eigenvalue weighted by atomic mass is 35.5. The molecule has 2 heterocycles. The minimum atomic E-state index is -0.460. The third-order valence-corrected chi connectivity index (χ3v) is 6.74. The zero-order valence-electron chi connectivity index (χ0n) is 18.7. The molecule has 1 aromatic heterocycles. The van der Waals surface area contributed by atoms with Crippen molar-refractivity contribution >= 4 is 40.7 Å². The van der Waals surface area contributed by atoms with E-state index < -0.39 is 5.91 Å². The summed E-state index contributed by atoms with van der Waals surface area (Å²) in [5.74, 6) is 0.268. The van der Waals surface area contributed by atoms with E-state index in [1.807, 2.05) is 23.1 Å². The molecule has 1 aliphatic heterocycles. The number of benzene rings is 3. The SMILES string of the molecule is O=C(Nc1ccccc1C(=O)N1CCC(c2ccccc2)C1)c1ccc(-c2cc(Cl)ccc2Cl)o1. The first-order valence-corrected chi connectivity index (χ1v) is 12.0. The maximum absolute atomic E-state index is 13.3. The van der Waals surface area contributed by atoms with E-state index in [-0.39, 0.29) is 11.7 Å². The summed E-state index contributed by atoms with van der Waals surface area (Å²) in [6, 6.07) is 25.5. The number of anilines is 1. The molecule has 35 heavy (non-hydrogen) atoms. The zero-order valence-corrected chi connectivity index (χ0v) is 20.2. The number of halogens is 2. The maximum Gasteiger partial charge on any atom is 0.291 e. The summed E-state index contributed by atoms with van der Waals surface area (Å²) in [4.78, 5) is 28.1. The predicted octanol–water partition coefficient (Wildman–Crippen LogP) is 7.14. The van der Waals surface area contributed by atoms with Crippen LogP contribution in [0, 0.1) is 0 Å². The quantitative estimate of drug-likeness (QED) is 0.314. The van der Waals surface area contributed by atoms with Gasteiger partial charge < -0.3 is 14.6 Å². The third-order valence-electron chi connectivity index (χ3n) is 6.18. The third kappa shape index (κ3) is 4.97. The molecule has 7 heteroatoms. The number of hydrogen-bond acceptors (Lipinski definition) is 3. The first-order chi connectivity index (χ1) is 17.0. The highest BCUT2D eigenvalue weighted by Gasteiger charge is 2.29. The van der Waals surface area contributed by atoms with Gasteiger partial charge in [0, 0.05) is 29.6 Å². The molecule has 176 valence electrons. The first kappa shape index (κ1) is 23.2. The summed E-state index contributed by atoms with van der Waals surface area (Å²) in [5.41, 5.74) is 2.71. The molecule has 4 aromatic rings. The fourth-order valence-electron chi connectivity index (χ4n) is 4.37. The molecule has 1 unspecified atom stereocenters. The predicted molar refractivity (Wildman–Crippen MR) is 138 cm³/mol. The minimum absolute atomic E-state index is 0.101. The number of amides is 2. The Balaban J connectivity index is 1.32. The van der Waals surface area contributed by atoms with Crippen molar-refractivity contribution < 1.29 is 14.0 Å².